The van der Waals surface area contributed by atoms with Crippen LogP contribution in [0.15, 0.2) is 53.4 Å². The Morgan fingerprint density at radius 3 is 2.78 bits per heavy atom. The number of benzene rings is 2. The highest BCUT2D eigenvalue weighted by molar-refractivity contribution is 7.99. The number of aliphatic carboxylic acids is 1. The fourth-order valence-corrected chi connectivity index (χ4v) is 5.28. The maximum atomic E-state index is 11.3. The van der Waals surface area contributed by atoms with Crippen LogP contribution in [-0.2, 0) is 4.79 Å². The van der Waals surface area contributed by atoms with Crippen molar-refractivity contribution in [1.82, 2.24) is 4.90 Å². The maximum absolute atomic E-state index is 11.3. The lowest BCUT2D eigenvalue weighted by Gasteiger charge is -2.30. The summed E-state index contributed by atoms with van der Waals surface area (Å²) in [5.74, 6) is 1.02. The zero-order valence-corrected chi connectivity index (χ0v) is 16.2. The third-order valence-electron chi connectivity index (χ3n) is 5.40. The summed E-state index contributed by atoms with van der Waals surface area (Å²) in [6.45, 7) is 2.67. The van der Waals surface area contributed by atoms with Crippen LogP contribution in [0.5, 0.6) is 11.5 Å². The van der Waals surface area contributed by atoms with Crippen molar-refractivity contribution in [3.63, 3.8) is 0 Å². The van der Waals surface area contributed by atoms with Crippen molar-refractivity contribution in [3.8, 4) is 11.5 Å². The molecule has 4 nitrogen and oxygen atoms in total. The molecule has 0 amide bonds. The average molecular weight is 384 g/mol. The summed E-state index contributed by atoms with van der Waals surface area (Å²) in [6.07, 6.45) is 3.90. The van der Waals surface area contributed by atoms with E-state index in [1.165, 1.54) is 10.5 Å². The highest BCUT2D eigenvalue weighted by Crippen LogP contribution is 2.49. The van der Waals surface area contributed by atoms with Crippen LogP contribution in [0.2, 0.25) is 0 Å². The third-order valence-corrected chi connectivity index (χ3v) is 6.76. The number of rotatable bonds is 5. The van der Waals surface area contributed by atoms with Crippen molar-refractivity contribution in [2.24, 2.45) is 5.92 Å². The summed E-state index contributed by atoms with van der Waals surface area (Å²) in [5.41, 5.74) is 1.25. The number of ether oxygens (including phenoxy) is 1. The highest BCUT2D eigenvalue weighted by Gasteiger charge is 2.26. The van der Waals surface area contributed by atoms with Crippen molar-refractivity contribution in [1.29, 1.82) is 0 Å². The lowest BCUT2D eigenvalue weighted by atomic mass is 9.98. The van der Waals surface area contributed by atoms with Crippen LogP contribution in [0, 0.1) is 5.92 Å². The number of hydrogen-bond acceptors (Lipinski definition) is 4. The maximum Gasteiger partial charge on any atom is 0.307 e. The van der Waals surface area contributed by atoms with Gasteiger partial charge in [0.25, 0.3) is 0 Å². The number of carbonyl (C=O) groups is 1. The van der Waals surface area contributed by atoms with Crippen molar-refractivity contribution in [2.45, 2.75) is 35.8 Å². The second-order valence-corrected chi connectivity index (χ2v) is 8.56. The molecule has 27 heavy (non-hydrogen) atoms. The van der Waals surface area contributed by atoms with Crippen LogP contribution in [0.1, 0.15) is 36.5 Å². The van der Waals surface area contributed by atoms with Gasteiger partial charge in [-0.25, -0.2) is 0 Å². The number of para-hydroxylation sites is 2. The number of carboxylic acids is 1. The topological polar surface area (TPSA) is 49.8 Å². The van der Waals surface area contributed by atoms with E-state index < -0.39 is 5.97 Å². The average Bonchev–Trinajstić information content (AvgIpc) is 2.85. The second-order valence-electron chi connectivity index (χ2n) is 7.31. The summed E-state index contributed by atoms with van der Waals surface area (Å²) in [6, 6.07) is 16.5. The van der Waals surface area contributed by atoms with Crippen LogP contribution in [-0.4, -0.2) is 35.6 Å². The minimum absolute atomic E-state index is 0.202. The van der Waals surface area contributed by atoms with Crippen LogP contribution >= 0.6 is 11.8 Å². The molecule has 0 saturated carbocycles. The standard InChI is InChI=1S/C22H25NO3S/c24-22(25)16-7-5-13-23(15-16)14-6-12-20-17-8-1-2-9-18(17)26-19-10-3-4-11-21(19)27-20/h1-4,8-11,16,20H,5-7,12-15H2,(H,24,25)/t16?,20-/m1/s1. The van der Waals surface area contributed by atoms with Gasteiger partial charge in [-0.2, -0.15) is 0 Å². The second kappa shape index (κ2) is 8.36. The zero-order valence-electron chi connectivity index (χ0n) is 15.3. The van der Waals surface area contributed by atoms with Gasteiger partial charge in [0.15, 0.2) is 0 Å². The van der Waals surface area contributed by atoms with Crippen LogP contribution < -0.4 is 4.74 Å². The van der Waals surface area contributed by atoms with Crippen LogP contribution in [0.3, 0.4) is 0 Å². The largest absolute Gasteiger partial charge is 0.481 e. The molecule has 1 fully saturated rings. The molecule has 5 heteroatoms. The Kier molecular flexibility index (Phi) is 5.69. The number of carboxylic acid groups (broad SMARTS) is 1. The van der Waals surface area contributed by atoms with Gasteiger partial charge >= 0.3 is 5.97 Å². The van der Waals surface area contributed by atoms with Gasteiger partial charge in [0.1, 0.15) is 11.5 Å². The molecule has 2 aromatic carbocycles. The number of likely N-dealkylation sites (tertiary alicyclic amines) is 1. The predicted octanol–water partition coefficient (Wildman–Crippen LogP) is 5.20. The van der Waals surface area contributed by atoms with E-state index in [0.717, 1.165) is 50.3 Å². The van der Waals surface area contributed by atoms with Gasteiger partial charge in [-0.1, -0.05) is 30.3 Å². The molecular formula is C22H25NO3S. The summed E-state index contributed by atoms with van der Waals surface area (Å²) < 4.78 is 6.17. The van der Waals surface area contributed by atoms with Gasteiger partial charge in [-0.3, -0.25) is 4.79 Å². The molecule has 0 bridgehead atoms. The molecule has 2 heterocycles. The number of fused-ring (bicyclic) bond motifs is 2. The molecule has 4 rings (SSSR count). The van der Waals surface area contributed by atoms with Gasteiger partial charge in [0, 0.05) is 17.4 Å². The molecular weight excluding hydrogens is 358 g/mol. The Bertz CT molecular complexity index is 810. The quantitative estimate of drug-likeness (QED) is 0.769. The zero-order chi connectivity index (χ0) is 18.6. The lowest BCUT2D eigenvalue weighted by Crippen LogP contribution is -2.39. The van der Waals surface area contributed by atoms with Gasteiger partial charge < -0.3 is 14.7 Å². The lowest BCUT2D eigenvalue weighted by molar-refractivity contribution is -0.143. The molecule has 1 unspecified atom stereocenters. The summed E-state index contributed by atoms with van der Waals surface area (Å²) in [4.78, 5) is 14.8. The number of thioether (sulfide) groups is 1. The Labute approximate surface area is 164 Å². The van der Waals surface area contributed by atoms with E-state index in [0.29, 0.717) is 11.8 Å². The van der Waals surface area contributed by atoms with Gasteiger partial charge in [0.2, 0.25) is 0 Å². The van der Waals surface area contributed by atoms with Crippen molar-refractivity contribution < 1.29 is 14.6 Å². The van der Waals surface area contributed by atoms with E-state index in [1.54, 1.807) is 0 Å². The molecule has 0 spiro atoms. The SMILES string of the molecule is O=C(O)C1CCCN(CCC[C@H]2Sc3ccccc3Oc3ccccc32)C1. The van der Waals surface area contributed by atoms with E-state index in [4.69, 9.17) is 4.74 Å². The number of piperidine rings is 1. The Hall–Kier alpha value is -1.98. The molecule has 2 aliphatic rings. The molecule has 2 atom stereocenters. The van der Waals surface area contributed by atoms with E-state index in [-0.39, 0.29) is 5.92 Å². The van der Waals surface area contributed by atoms with E-state index in [2.05, 4.69) is 29.2 Å². The number of nitrogens with zero attached hydrogens (tertiary/aromatic N) is 1. The monoisotopic (exact) mass is 383 g/mol. The normalized spacial score (nSPS) is 22.2. The first-order valence-electron chi connectivity index (χ1n) is 9.68. The summed E-state index contributed by atoms with van der Waals surface area (Å²) in [5, 5.41) is 9.63. The number of hydrogen-bond donors (Lipinski definition) is 1. The predicted molar refractivity (Wildman–Crippen MR) is 108 cm³/mol. The van der Waals surface area contributed by atoms with Crippen LogP contribution in [0.4, 0.5) is 0 Å². The first kappa shape index (κ1) is 18.4. The minimum Gasteiger partial charge on any atom is -0.481 e. The van der Waals surface area contributed by atoms with Gasteiger partial charge in [-0.15, -0.1) is 11.8 Å². The van der Waals surface area contributed by atoms with E-state index in [1.807, 2.05) is 36.0 Å². The Morgan fingerprint density at radius 1 is 1.15 bits per heavy atom. The molecule has 1 saturated heterocycles. The summed E-state index contributed by atoms with van der Waals surface area (Å²) in [7, 11) is 0. The van der Waals surface area contributed by atoms with E-state index in [9.17, 15) is 9.90 Å². The van der Waals surface area contributed by atoms with Gasteiger partial charge in [0.05, 0.1) is 10.8 Å². The van der Waals surface area contributed by atoms with Crippen molar-refractivity contribution >= 4 is 17.7 Å². The fourth-order valence-electron chi connectivity index (χ4n) is 3.98. The van der Waals surface area contributed by atoms with E-state index >= 15 is 0 Å². The minimum atomic E-state index is -0.651. The summed E-state index contributed by atoms with van der Waals surface area (Å²) >= 11 is 1.87. The molecule has 2 aliphatic heterocycles. The van der Waals surface area contributed by atoms with Crippen molar-refractivity contribution in [3.05, 3.63) is 54.1 Å². The van der Waals surface area contributed by atoms with Crippen molar-refractivity contribution in [2.75, 3.05) is 19.6 Å². The first-order chi connectivity index (χ1) is 13.2. The third kappa shape index (κ3) is 4.30. The molecule has 1 N–H and O–H groups in total. The molecule has 2 aromatic rings. The first-order valence-corrected chi connectivity index (χ1v) is 10.6. The molecule has 0 aliphatic carbocycles. The highest BCUT2D eigenvalue weighted by atomic mass is 32.2. The fraction of sp³-hybridized carbons (Fsp3) is 0.409. The molecule has 0 radical (unpaired) electrons. The molecule has 0 aromatic heterocycles. The Morgan fingerprint density at radius 2 is 1.93 bits per heavy atom. The van der Waals surface area contributed by atoms with Gasteiger partial charge in [-0.05, 0) is 57.0 Å². The van der Waals surface area contributed by atoms with Crippen LogP contribution in [0.25, 0.3) is 0 Å². The molecule has 142 valence electrons. The smallest absolute Gasteiger partial charge is 0.307 e. The Balaban J connectivity index is 1.43.